The van der Waals surface area contributed by atoms with E-state index in [4.69, 9.17) is 4.74 Å². The van der Waals surface area contributed by atoms with E-state index in [2.05, 4.69) is 0 Å². The van der Waals surface area contributed by atoms with Crippen molar-refractivity contribution in [1.82, 2.24) is 0 Å². The number of hydrogen-bond acceptors (Lipinski definition) is 2. The number of carbonyl (C=O) groups is 1. The fourth-order valence-electron chi connectivity index (χ4n) is 3.09. The molecule has 2 unspecified atom stereocenters. The minimum Gasteiger partial charge on any atom is -0.492 e. The molecule has 0 amide bonds. The number of ether oxygens (including phenoxy) is 1. The Hall–Kier alpha value is -2.68. The molecule has 2 atom stereocenters. The van der Waals surface area contributed by atoms with E-state index in [0.717, 1.165) is 11.1 Å². The van der Waals surface area contributed by atoms with Crippen molar-refractivity contribution in [3.8, 4) is 0 Å². The molecule has 22 heavy (non-hydrogen) atoms. The largest absolute Gasteiger partial charge is 0.492 e. The first-order valence-corrected chi connectivity index (χ1v) is 7.17. The molecule has 4 rings (SSSR count). The molecule has 0 N–H and O–H groups in total. The average Bonchev–Trinajstić information content (AvgIpc) is 2.56. The van der Waals surface area contributed by atoms with Crippen LogP contribution in [0.3, 0.4) is 0 Å². The summed E-state index contributed by atoms with van der Waals surface area (Å²) in [5.41, 5.74) is 2.53. The van der Waals surface area contributed by atoms with Gasteiger partial charge >= 0.3 is 0 Å². The molecule has 0 radical (unpaired) electrons. The summed E-state index contributed by atoms with van der Waals surface area (Å²) in [7, 11) is 0. The average molecular weight is 292 g/mol. The van der Waals surface area contributed by atoms with E-state index in [1.54, 1.807) is 18.2 Å². The molecular formula is C19H13FO2. The molecule has 0 fully saturated rings. The second kappa shape index (κ2) is 4.95. The summed E-state index contributed by atoms with van der Waals surface area (Å²) >= 11 is 0. The second-order valence-electron chi connectivity index (χ2n) is 5.44. The maximum absolute atomic E-state index is 14.0. The Balaban J connectivity index is 1.82. The van der Waals surface area contributed by atoms with Gasteiger partial charge in [-0.2, -0.15) is 0 Å². The van der Waals surface area contributed by atoms with E-state index in [-0.39, 0.29) is 17.5 Å². The van der Waals surface area contributed by atoms with Crippen LogP contribution in [0.2, 0.25) is 0 Å². The van der Waals surface area contributed by atoms with Gasteiger partial charge in [-0.15, -0.1) is 0 Å². The van der Waals surface area contributed by atoms with Crippen molar-refractivity contribution < 1.29 is 13.9 Å². The van der Waals surface area contributed by atoms with Crippen LogP contribution in [0.25, 0.3) is 11.6 Å². The molecular weight excluding hydrogens is 279 g/mol. The number of hydrogen-bond donors (Lipinski definition) is 0. The Kier molecular flexibility index (Phi) is 2.93. The second-order valence-corrected chi connectivity index (χ2v) is 5.44. The predicted octanol–water partition coefficient (Wildman–Crippen LogP) is 3.95. The van der Waals surface area contributed by atoms with E-state index >= 15 is 0 Å². The van der Waals surface area contributed by atoms with Gasteiger partial charge < -0.3 is 4.74 Å². The van der Waals surface area contributed by atoms with Crippen molar-refractivity contribution in [2.45, 2.75) is 12.0 Å². The smallest absolute Gasteiger partial charge is 0.178 e. The first-order chi connectivity index (χ1) is 10.8. The van der Waals surface area contributed by atoms with Gasteiger partial charge in [0.1, 0.15) is 11.9 Å². The van der Waals surface area contributed by atoms with E-state index in [1.807, 2.05) is 36.4 Å². The highest BCUT2D eigenvalue weighted by Gasteiger charge is 2.38. The zero-order chi connectivity index (χ0) is 15.1. The lowest BCUT2D eigenvalue weighted by molar-refractivity contribution is -0.118. The van der Waals surface area contributed by atoms with Crippen molar-refractivity contribution in [2.75, 3.05) is 0 Å². The fourth-order valence-corrected chi connectivity index (χ4v) is 3.09. The quantitative estimate of drug-likeness (QED) is 0.795. The van der Waals surface area contributed by atoms with Crippen LogP contribution in [-0.4, -0.2) is 11.9 Å². The summed E-state index contributed by atoms with van der Waals surface area (Å²) < 4.78 is 19.7. The summed E-state index contributed by atoms with van der Waals surface area (Å²) in [6.07, 6.45) is 4.92. The molecule has 2 aliphatic rings. The highest BCUT2D eigenvalue weighted by atomic mass is 19.1. The third-order valence-electron chi connectivity index (χ3n) is 4.18. The number of fused-ring (bicyclic) bond motifs is 3. The highest BCUT2D eigenvalue weighted by molar-refractivity contribution is 6.24. The molecule has 1 heterocycles. The molecule has 0 saturated carbocycles. The van der Waals surface area contributed by atoms with Gasteiger partial charge in [-0.1, -0.05) is 48.5 Å². The molecule has 108 valence electrons. The number of Topliss-reactive ketones (excluding diaryl/α,β-unsaturated/α-hetero) is 1. The monoisotopic (exact) mass is 292 g/mol. The van der Waals surface area contributed by atoms with E-state index < -0.39 is 11.7 Å². The number of ketones is 1. The van der Waals surface area contributed by atoms with Crippen molar-refractivity contribution in [2.24, 2.45) is 0 Å². The van der Waals surface area contributed by atoms with Gasteiger partial charge in [-0.3, -0.25) is 4.79 Å². The Morgan fingerprint density at radius 2 is 1.77 bits per heavy atom. The van der Waals surface area contributed by atoms with Gasteiger partial charge in [-0.05, 0) is 23.3 Å². The third kappa shape index (κ3) is 1.90. The summed E-state index contributed by atoms with van der Waals surface area (Å²) in [4.78, 5) is 12.9. The van der Waals surface area contributed by atoms with Crippen molar-refractivity contribution in [3.63, 3.8) is 0 Å². The van der Waals surface area contributed by atoms with Crippen LogP contribution in [0.5, 0.6) is 0 Å². The lowest BCUT2D eigenvalue weighted by Gasteiger charge is -2.32. The standard InChI is InChI=1S/C19H13FO2/c20-16-8-4-3-7-14(16)15-11-22-17-10-9-12-5-1-2-6-13(12)18(17)19(15)21/h1-11,17-18H. The maximum atomic E-state index is 14.0. The number of carbonyl (C=O) groups excluding carboxylic acids is 1. The van der Waals surface area contributed by atoms with Crippen LogP contribution in [-0.2, 0) is 9.53 Å². The van der Waals surface area contributed by atoms with Gasteiger partial charge in [0.25, 0.3) is 0 Å². The van der Waals surface area contributed by atoms with Gasteiger partial charge in [0.05, 0.1) is 17.8 Å². The van der Waals surface area contributed by atoms with Crippen LogP contribution >= 0.6 is 0 Å². The SMILES string of the molecule is O=C1C(c2ccccc2F)=COC2C=Cc3ccccc3C12. The Labute approximate surface area is 127 Å². The summed E-state index contributed by atoms with van der Waals surface area (Å²) in [6.45, 7) is 0. The van der Waals surface area contributed by atoms with Crippen molar-refractivity contribution >= 4 is 17.4 Å². The molecule has 0 bridgehead atoms. The van der Waals surface area contributed by atoms with Gasteiger partial charge in [0.2, 0.25) is 0 Å². The Bertz CT molecular complexity index is 820. The summed E-state index contributed by atoms with van der Waals surface area (Å²) in [5, 5.41) is 0. The number of rotatable bonds is 1. The lowest BCUT2D eigenvalue weighted by atomic mass is 9.78. The first kappa shape index (κ1) is 13.0. The number of allylic oxidation sites excluding steroid dienone is 1. The third-order valence-corrected chi connectivity index (χ3v) is 4.18. The maximum Gasteiger partial charge on any atom is 0.178 e. The van der Waals surface area contributed by atoms with E-state index in [1.165, 1.54) is 12.3 Å². The highest BCUT2D eigenvalue weighted by Crippen LogP contribution is 2.39. The minimum absolute atomic E-state index is 0.0989. The summed E-state index contributed by atoms with van der Waals surface area (Å²) in [5.74, 6) is -0.928. The van der Waals surface area contributed by atoms with Crippen LogP contribution in [0.1, 0.15) is 22.6 Å². The van der Waals surface area contributed by atoms with Crippen molar-refractivity contribution in [1.29, 1.82) is 0 Å². The molecule has 0 aromatic heterocycles. The lowest BCUT2D eigenvalue weighted by Crippen LogP contribution is -2.33. The van der Waals surface area contributed by atoms with Gasteiger partial charge in [0.15, 0.2) is 5.78 Å². The molecule has 1 aliphatic carbocycles. The molecule has 3 heteroatoms. The normalized spacial score (nSPS) is 22.4. The zero-order valence-corrected chi connectivity index (χ0v) is 11.7. The zero-order valence-electron chi connectivity index (χ0n) is 11.7. The molecule has 1 aliphatic heterocycles. The Morgan fingerprint density at radius 3 is 2.64 bits per heavy atom. The van der Waals surface area contributed by atoms with Crippen LogP contribution in [0, 0.1) is 5.82 Å². The minimum atomic E-state index is -0.416. The fraction of sp³-hybridized carbons (Fsp3) is 0.105. The van der Waals surface area contributed by atoms with Crippen LogP contribution in [0.15, 0.2) is 60.9 Å². The van der Waals surface area contributed by atoms with E-state index in [9.17, 15) is 9.18 Å². The first-order valence-electron chi connectivity index (χ1n) is 7.17. The molecule has 2 nitrogen and oxygen atoms in total. The van der Waals surface area contributed by atoms with Gasteiger partial charge in [0, 0.05) is 5.56 Å². The molecule has 0 spiro atoms. The van der Waals surface area contributed by atoms with E-state index in [0.29, 0.717) is 5.57 Å². The van der Waals surface area contributed by atoms with Gasteiger partial charge in [-0.25, -0.2) is 4.39 Å². The number of halogens is 1. The summed E-state index contributed by atoms with van der Waals surface area (Å²) in [6, 6.07) is 14.0. The Morgan fingerprint density at radius 1 is 1.00 bits per heavy atom. The predicted molar refractivity (Wildman–Crippen MR) is 82.5 cm³/mol. The molecule has 2 aromatic carbocycles. The topological polar surface area (TPSA) is 26.3 Å². The molecule has 0 saturated heterocycles. The van der Waals surface area contributed by atoms with Crippen molar-refractivity contribution in [3.05, 3.63) is 83.4 Å². The van der Waals surface area contributed by atoms with Crippen LogP contribution < -0.4 is 0 Å². The van der Waals surface area contributed by atoms with Crippen LogP contribution in [0.4, 0.5) is 4.39 Å². The number of benzene rings is 2. The molecule has 2 aromatic rings.